The predicted octanol–water partition coefficient (Wildman–Crippen LogP) is 1.32. The van der Waals surface area contributed by atoms with Crippen LogP contribution in [0.1, 0.15) is 39.5 Å². The highest BCUT2D eigenvalue weighted by molar-refractivity contribution is 5.78. The average Bonchev–Trinajstić information content (AvgIpc) is 3.21. The van der Waals surface area contributed by atoms with E-state index in [1.165, 1.54) is 32.2 Å². The molecule has 2 rings (SSSR count). The van der Waals surface area contributed by atoms with Gasteiger partial charge in [0.2, 0.25) is 5.91 Å². The van der Waals surface area contributed by atoms with Crippen LogP contribution in [-0.2, 0) is 4.79 Å². The first kappa shape index (κ1) is 14.8. The van der Waals surface area contributed by atoms with E-state index in [9.17, 15) is 4.79 Å². The van der Waals surface area contributed by atoms with Gasteiger partial charge in [-0.1, -0.05) is 0 Å². The molecule has 1 aliphatic carbocycles. The molecule has 4 heteroatoms. The quantitative estimate of drug-likeness (QED) is 0.788. The lowest BCUT2D eigenvalue weighted by atomic mass is 9.96. The summed E-state index contributed by atoms with van der Waals surface area (Å²) in [5.74, 6) is 1.07. The summed E-state index contributed by atoms with van der Waals surface area (Å²) >= 11 is 0. The van der Waals surface area contributed by atoms with E-state index in [0.717, 1.165) is 25.0 Å². The minimum absolute atomic E-state index is 0.254. The molecule has 1 N–H and O–H groups in total. The Bertz CT molecular complexity index is 294. The lowest BCUT2D eigenvalue weighted by Gasteiger charge is -2.33. The van der Waals surface area contributed by atoms with Crippen molar-refractivity contribution in [3.63, 3.8) is 0 Å². The molecule has 110 valence electrons. The molecule has 0 aromatic rings. The van der Waals surface area contributed by atoms with Gasteiger partial charge in [-0.3, -0.25) is 9.69 Å². The second kappa shape index (κ2) is 6.71. The highest BCUT2D eigenvalue weighted by Crippen LogP contribution is 2.21. The Morgan fingerprint density at radius 1 is 1.26 bits per heavy atom. The van der Waals surface area contributed by atoms with E-state index in [1.54, 1.807) is 0 Å². The zero-order chi connectivity index (χ0) is 13.8. The van der Waals surface area contributed by atoms with Crippen molar-refractivity contribution in [3.05, 3.63) is 0 Å². The normalized spacial score (nSPS) is 21.9. The van der Waals surface area contributed by atoms with Crippen molar-refractivity contribution in [3.8, 4) is 0 Å². The van der Waals surface area contributed by atoms with Gasteiger partial charge in [0.15, 0.2) is 0 Å². The monoisotopic (exact) mass is 267 g/mol. The molecule has 1 saturated carbocycles. The van der Waals surface area contributed by atoms with Crippen LogP contribution in [0, 0.1) is 5.92 Å². The van der Waals surface area contributed by atoms with E-state index in [0.29, 0.717) is 12.6 Å². The first-order chi connectivity index (χ1) is 9.06. The topological polar surface area (TPSA) is 35.6 Å². The van der Waals surface area contributed by atoms with Crippen LogP contribution in [0.5, 0.6) is 0 Å². The Morgan fingerprint density at radius 3 is 2.42 bits per heavy atom. The summed E-state index contributed by atoms with van der Waals surface area (Å²) in [6, 6.07) is 1.12. The fourth-order valence-electron chi connectivity index (χ4n) is 2.56. The van der Waals surface area contributed by atoms with E-state index < -0.39 is 0 Å². The average molecular weight is 267 g/mol. The first-order valence-corrected chi connectivity index (χ1v) is 7.77. The van der Waals surface area contributed by atoms with Gasteiger partial charge in [-0.2, -0.15) is 0 Å². The number of likely N-dealkylation sites (tertiary alicyclic amines) is 1. The van der Waals surface area contributed by atoms with Crippen molar-refractivity contribution in [2.75, 3.05) is 33.2 Å². The summed E-state index contributed by atoms with van der Waals surface area (Å²) in [6.07, 6.45) is 5.21. The van der Waals surface area contributed by atoms with E-state index in [-0.39, 0.29) is 5.91 Å². The maximum absolute atomic E-state index is 12.0. The van der Waals surface area contributed by atoms with Crippen LogP contribution < -0.4 is 5.32 Å². The molecule has 0 bridgehead atoms. The lowest BCUT2D eigenvalue weighted by Crippen LogP contribution is -2.45. The molecule has 1 heterocycles. The molecule has 4 nitrogen and oxygen atoms in total. The van der Waals surface area contributed by atoms with Crippen molar-refractivity contribution in [1.82, 2.24) is 15.1 Å². The molecule has 1 aliphatic heterocycles. The smallest absolute Gasteiger partial charge is 0.236 e. The molecule has 19 heavy (non-hydrogen) atoms. The van der Waals surface area contributed by atoms with Gasteiger partial charge in [-0.15, -0.1) is 0 Å². The van der Waals surface area contributed by atoms with Crippen LogP contribution in [0.3, 0.4) is 0 Å². The van der Waals surface area contributed by atoms with Gasteiger partial charge >= 0.3 is 0 Å². The molecule has 1 amide bonds. The van der Waals surface area contributed by atoms with E-state index in [4.69, 9.17) is 0 Å². The molecule has 0 unspecified atom stereocenters. The minimum Gasteiger partial charge on any atom is -0.342 e. The summed E-state index contributed by atoms with van der Waals surface area (Å²) in [4.78, 5) is 16.2. The Hall–Kier alpha value is -0.610. The highest BCUT2D eigenvalue weighted by atomic mass is 16.2. The molecule has 0 spiro atoms. The Kier molecular flexibility index (Phi) is 5.22. The third-order valence-electron chi connectivity index (χ3n) is 4.51. The highest BCUT2D eigenvalue weighted by Gasteiger charge is 2.25. The van der Waals surface area contributed by atoms with Crippen LogP contribution in [0.4, 0.5) is 0 Å². The number of hydrogen-bond acceptors (Lipinski definition) is 3. The molecule has 0 aromatic carbocycles. The zero-order valence-corrected chi connectivity index (χ0v) is 12.7. The number of rotatable bonds is 6. The van der Waals surface area contributed by atoms with Gasteiger partial charge in [0.1, 0.15) is 0 Å². The van der Waals surface area contributed by atoms with Crippen molar-refractivity contribution in [2.45, 2.75) is 51.6 Å². The van der Waals surface area contributed by atoms with Crippen LogP contribution in [0.25, 0.3) is 0 Å². The van der Waals surface area contributed by atoms with Crippen molar-refractivity contribution < 1.29 is 4.79 Å². The third kappa shape index (κ3) is 4.77. The SMILES string of the molecule is CC(C)N(C)C(=O)CN1CCC(CNC2CC2)CC1. The number of amides is 1. The minimum atomic E-state index is 0.254. The standard InChI is InChI=1S/C15H29N3O/c1-12(2)17(3)15(19)11-18-8-6-13(7-9-18)10-16-14-4-5-14/h12-14,16H,4-11H2,1-3H3. The van der Waals surface area contributed by atoms with E-state index in [2.05, 4.69) is 24.1 Å². The maximum Gasteiger partial charge on any atom is 0.236 e. The molecule has 0 atom stereocenters. The fourth-order valence-corrected chi connectivity index (χ4v) is 2.56. The van der Waals surface area contributed by atoms with E-state index in [1.807, 2.05) is 11.9 Å². The summed E-state index contributed by atoms with van der Waals surface area (Å²) in [7, 11) is 1.90. The first-order valence-electron chi connectivity index (χ1n) is 7.77. The van der Waals surface area contributed by atoms with E-state index >= 15 is 0 Å². The largest absolute Gasteiger partial charge is 0.342 e. The summed E-state index contributed by atoms with van der Waals surface area (Å²) in [5, 5.41) is 3.62. The second-order valence-corrected chi connectivity index (χ2v) is 6.50. The zero-order valence-electron chi connectivity index (χ0n) is 12.7. The van der Waals surface area contributed by atoms with Gasteiger partial charge in [0.25, 0.3) is 0 Å². The lowest BCUT2D eigenvalue weighted by molar-refractivity contribution is -0.132. The number of hydrogen-bond donors (Lipinski definition) is 1. The third-order valence-corrected chi connectivity index (χ3v) is 4.51. The molecule has 0 radical (unpaired) electrons. The van der Waals surface area contributed by atoms with Crippen LogP contribution in [0.15, 0.2) is 0 Å². The van der Waals surface area contributed by atoms with Crippen LogP contribution in [0.2, 0.25) is 0 Å². The number of carbonyl (C=O) groups is 1. The van der Waals surface area contributed by atoms with Crippen molar-refractivity contribution in [2.24, 2.45) is 5.92 Å². The molecule has 2 aliphatic rings. The van der Waals surface area contributed by atoms with Gasteiger partial charge in [0, 0.05) is 19.1 Å². The Balaban J connectivity index is 1.63. The molecule has 1 saturated heterocycles. The number of likely N-dealkylation sites (N-methyl/N-ethyl adjacent to an activating group) is 1. The Labute approximate surface area is 117 Å². The summed E-state index contributed by atoms with van der Waals surface area (Å²) in [5.41, 5.74) is 0. The fraction of sp³-hybridized carbons (Fsp3) is 0.933. The summed E-state index contributed by atoms with van der Waals surface area (Å²) in [6.45, 7) is 8.06. The molecular weight excluding hydrogens is 238 g/mol. The predicted molar refractivity (Wildman–Crippen MR) is 78.1 cm³/mol. The van der Waals surface area contributed by atoms with Crippen LogP contribution in [-0.4, -0.2) is 61.0 Å². The number of nitrogens with zero attached hydrogens (tertiary/aromatic N) is 2. The summed E-state index contributed by atoms with van der Waals surface area (Å²) < 4.78 is 0. The molecule has 0 aromatic heterocycles. The second-order valence-electron chi connectivity index (χ2n) is 6.50. The van der Waals surface area contributed by atoms with Gasteiger partial charge in [0.05, 0.1) is 6.54 Å². The van der Waals surface area contributed by atoms with Gasteiger partial charge in [-0.25, -0.2) is 0 Å². The molecule has 2 fully saturated rings. The molecular formula is C15H29N3O. The van der Waals surface area contributed by atoms with Crippen LogP contribution >= 0.6 is 0 Å². The number of carbonyl (C=O) groups excluding carboxylic acids is 1. The van der Waals surface area contributed by atoms with Crippen molar-refractivity contribution in [1.29, 1.82) is 0 Å². The van der Waals surface area contributed by atoms with Crippen molar-refractivity contribution >= 4 is 5.91 Å². The number of piperidine rings is 1. The number of nitrogens with one attached hydrogen (secondary N) is 1. The Morgan fingerprint density at radius 2 is 1.89 bits per heavy atom. The van der Waals surface area contributed by atoms with Gasteiger partial charge in [-0.05, 0) is 65.1 Å². The maximum atomic E-state index is 12.0. The van der Waals surface area contributed by atoms with Gasteiger partial charge < -0.3 is 10.2 Å².